The number of hydrogen-bond acceptors (Lipinski definition) is 3. The van der Waals surface area contributed by atoms with Crippen molar-refractivity contribution in [1.29, 1.82) is 0 Å². The minimum absolute atomic E-state index is 0.279. The molecule has 0 unspecified atom stereocenters. The van der Waals surface area contributed by atoms with Gasteiger partial charge in [0.1, 0.15) is 0 Å². The van der Waals surface area contributed by atoms with Gasteiger partial charge in [0.25, 0.3) is 5.91 Å². The molecule has 2 N–H and O–H groups in total. The molecule has 0 fully saturated rings. The average molecular weight is 409 g/mol. The molecule has 29 heavy (non-hydrogen) atoms. The number of sulfonamides is 1. The second-order valence-electron chi connectivity index (χ2n) is 7.08. The van der Waals surface area contributed by atoms with E-state index in [0.29, 0.717) is 11.3 Å². The van der Waals surface area contributed by atoms with E-state index in [1.54, 1.807) is 25.1 Å². The molecule has 1 amide bonds. The molecule has 3 aromatic carbocycles. The van der Waals surface area contributed by atoms with Crippen LogP contribution in [-0.4, -0.2) is 20.6 Å². The molecule has 0 heterocycles. The Kier molecular flexibility index (Phi) is 6.03. The molecule has 0 saturated carbocycles. The van der Waals surface area contributed by atoms with Crippen LogP contribution in [0, 0.1) is 13.8 Å². The van der Waals surface area contributed by atoms with E-state index in [2.05, 4.69) is 10.0 Å². The van der Waals surface area contributed by atoms with Crippen LogP contribution in [0.25, 0.3) is 0 Å². The van der Waals surface area contributed by atoms with Crippen LogP contribution in [0.2, 0.25) is 0 Å². The quantitative estimate of drug-likeness (QED) is 0.642. The Labute approximate surface area is 171 Å². The fourth-order valence-electron chi connectivity index (χ4n) is 3.18. The first kappa shape index (κ1) is 20.6. The normalized spacial score (nSPS) is 12.2. The zero-order valence-corrected chi connectivity index (χ0v) is 17.5. The van der Waals surface area contributed by atoms with Gasteiger partial charge < -0.3 is 5.32 Å². The topological polar surface area (TPSA) is 75.3 Å². The van der Waals surface area contributed by atoms with Crippen LogP contribution in [0.4, 0.5) is 5.69 Å². The summed E-state index contributed by atoms with van der Waals surface area (Å²) in [5, 5.41) is 3.10. The second-order valence-corrected chi connectivity index (χ2v) is 8.83. The molecule has 0 bridgehead atoms. The van der Waals surface area contributed by atoms with Crippen LogP contribution in [-0.2, 0) is 10.0 Å². The Morgan fingerprint density at radius 3 is 2.17 bits per heavy atom. The molecule has 0 spiro atoms. The van der Waals surface area contributed by atoms with Crippen molar-refractivity contribution in [2.45, 2.75) is 19.9 Å². The third-order valence-corrected chi connectivity index (χ3v) is 5.29. The zero-order chi connectivity index (χ0) is 21.0. The number of amides is 1. The lowest BCUT2D eigenvalue weighted by Gasteiger charge is -2.22. The van der Waals surface area contributed by atoms with Crippen molar-refractivity contribution in [3.63, 3.8) is 0 Å². The number of carbonyl (C=O) groups excluding carboxylic acids is 1. The summed E-state index contributed by atoms with van der Waals surface area (Å²) in [4.78, 5) is 13.1. The van der Waals surface area contributed by atoms with Crippen LogP contribution < -0.4 is 10.0 Å². The molecule has 0 aliphatic carbocycles. The number of carbonyl (C=O) groups is 1. The Hall–Kier alpha value is -3.12. The molecule has 3 aromatic rings. The van der Waals surface area contributed by atoms with Crippen LogP contribution in [0.5, 0.6) is 0 Å². The van der Waals surface area contributed by atoms with Crippen molar-refractivity contribution in [2.75, 3.05) is 11.0 Å². The third-order valence-electron chi connectivity index (χ3n) is 4.70. The van der Waals surface area contributed by atoms with Crippen LogP contribution in [0.3, 0.4) is 0 Å². The van der Waals surface area contributed by atoms with Crippen molar-refractivity contribution >= 4 is 21.6 Å². The molecular weight excluding hydrogens is 384 g/mol. The van der Waals surface area contributed by atoms with Gasteiger partial charge in [0.15, 0.2) is 0 Å². The molecular formula is C23H24N2O3S. The van der Waals surface area contributed by atoms with Crippen LogP contribution in [0.1, 0.15) is 38.7 Å². The summed E-state index contributed by atoms with van der Waals surface area (Å²) in [7, 11) is -3.44. The fraction of sp³-hybridized carbons (Fsp3) is 0.174. The zero-order valence-electron chi connectivity index (χ0n) is 16.6. The Balaban J connectivity index is 1.96. The van der Waals surface area contributed by atoms with Gasteiger partial charge in [0.05, 0.1) is 18.0 Å². The van der Waals surface area contributed by atoms with Gasteiger partial charge in [-0.05, 0) is 48.2 Å². The maximum Gasteiger partial charge on any atom is 0.252 e. The highest BCUT2D eigenvalue weighted by atomic mass is 32.2. The molecule has 0 radical (unpaired) electrons. The number of rotatable bonds is 6. The molecule has 1 atom stereocenters. The first-order valence-electron chi connectivity index (χ1n) is 9.24. The Morgan fingerprint density at radius 2 is 1.52 bits per heavy atom. The molecule has 3 rings (SSSR count). The highest BCUT2D eigenvalue weighted by molar-refractivity contribution is 7.92. The lowest BCUT2D eigenvalue weighted by molar-refractivity contribution is 0.0943. The maximum absolute atomic E-state index is 13.1. The van der Waals surface area contributed by atoms with Crippen molar-refractivity contribution in [3.8, 4) is 0 Å². The molecule has 0 aliphatic rings. The Bertz CT molecular complexity index is 1130. The summed E-state index contributed by atoms with van der Waals surface area (Å²) in [5.74, 6) is -0.279. The average Bonchev–Trinajstić information content (AvgIpc) is 2.68. The monoisotopic (exact) mass is 408 g/mol. The highest BCUT2D eigenvalue weighted by Gasteiger charge is 2.20. The van der Waals surface area contributed by atoms with Gasteiger partial charge in [-0.1, -0.05) is 60.7 Å². The van der Waals surface area contributed by atoms with E-state index in [4.69, 9.17) is 0 Å². The van der Waals surface area contributed by atoms with Crippen molar-refractivity contribution < 1.29 is 13.2 Å². The van der Waals surface area contributed by atoms with E-state index in [9.17, 15) is 13.2 Å². The summed E-state index contributed by atoms with van der Waals surface area (Å²) in [6.07, 6.45) is 1.09. The second kappa shape index (κ2) is 8.49. The minimum atomic E-state index is -3.44. The van der Waals surface area contributed by atoms with E-state index in [0.717, 1.165) is 28.5 Å². The van der Waals surface area contributed by atoms with Crippen LogP contribution >= 0.6 is 0 Å². The SMILES string of the molecule is Cc1ccc(C(=O)N[C@@H](c2ccccc2)c2ccccc2C)cc1NS(C)(=O)=O. The molecule has 5 nitrogen and oxygen atoms in total. The number of hydrogen-bond donors (Lipinski definition) is 2. The summed E-state index contributed by atoms with van der Waals surface area (Å²) in [6.45, 7) is 3.80. The number of nitrogens with one attached hydrogen (secondary N) is 2. The minimum Gasteiger partial charge on any atom is -0.341 e. The molecule has 0 aromatic heterocycles. The van der Waals surface area contributed by atoms with Gasteiger partial charge in [-0.3, -0.25) is 9.52 Å². The van der Waals surface area contributed by atoms with Gasteiger partial charge in [0, 0.05) is 5.56 Å². The standard InChI is InChI=1S/C23H24N2O3S/c1-16-9-7-8-12-20(16)22(18-10-5-4-6-11-18)24-23(26)19-14-13-17(2)21(15-19)25-29(3,27)28/h4-15,22,25H,1-3H3,(H,24,26)/t22-/m0/s1. The molecule has 6 heteroatoms. The summed E-state index contributed by atoms with van der Waals surface area (Å²) >= 11 is 0. The van der Waals surface area contributed by atoms with Gasteiger partial charge >= 0.3 is 0 Å². The summed E-state index contributed by atoms with van der Waals surface area (Å²) in [5.41, 5.74) is 4.57. The lowest BCUT2D eigenvalue weighted by Crippen LogP contribution is -2.30. The number of anilines is 1. The van der Waals surface area contributed by atoms with E-state index < -0.39 is 10.0 Å². The first-order chi connectivity index (χ1) is 13.7. The van der Waals surface area contributed by atoms with Gasteiger partial charge in [-0.25, -0.2) is 8.42 Å². The summed E-state index contributed by atoms with van der Waals surface area (Å²) in [6, 6.07) is 22.3. The smallest absolute Gasteiger partial charge is 0.252 e. The predicted octanol–water partition coefficient (Wildman–Crippen LogP) is 4.19. The van der Waals surface area contributed by atoms with Crippen molar-refractivity contribution in [2.24, 2.45) is 0 Å². The van der Waals surface area contributed by atoms with E-state index in [-0.39, 0.29) is 11.9 Å². The third kappa shape index (κ3) is 5.23. The number of benzene rings is 3. The fourth-order valence-corrected chi connectivity index (χ4v) is 3.80. The largest absolute Gasteiger partial charge is 0.341 e. The molecule has 0 saturated heterocycles. The highest BCUT2D eigenvalue weighted by Crippen LogP contribution is 2.26. The molecule has 0 aliphatic heterocycles. The van der Waals surface area contributed by atoms with Crippen molar-refractivity contribution in [3.05, 3.63) is 101 Å². The lowest BCUT2D eigenvalue weighted by atomic mass is 9.94. The maximum atomic E-state index is 13.1. The van der Waals surface area contributed by atoms with E-state index in [1.165, 1.54) is 0 Å². The van der Waals surface area contributed by atoms with Gasteiger partial charge in [-0.15, -0.1) is 0 Å². The van der Waals surface area contributed by atoms with Crippen molar-refractivity contribution in [1.82, 2.24) is 5.32 Å². The van der Waals surface area contributed by atoms with Crippen LogP contribution in [0.15, 0.2) is 72.8 Å². The van der Waals surface area contributed by atoms with Gasteiger partial charge in [-0.2, -0.15) is 0 Å². The first-order valence-corrected chi connectivity index (χ1v) is 11.1. The van der Waals surface area contributed by atoms with E-state index in [1.807, 2.05) is 61.5 Å². The van der Waals surface area contributed by atoms with Gasteiger partial charge in [0.2, 0.25) is 10.0 Å². The summed E-state index contributed by atoms with van der Waals surface area (Å²) < 4.78 is 25.7. The molecule has 150 valence electrons. The predicted molar refractivity (Wildman–Crippen MR) is 117 cm³/mol. The number of aryl methyl sites for hydroxylation is 2. The van der Waals surface area contributed by atoms with E-state index >= 15 is 0 Å². The Morgan fingerprint density at radius 1 is 0.862 bits per heavy atom.